The zero-order chi connectivity index (χ0) is 30.8. The molecule has 1 saturated heterocycles. The van der Waals surface area contributed by atoms with Gasteiger partial charge in [-0.3, -0.25) is 14.5 Å². The van der Waals surface area contributed by atoms with Crippen LogP contribution in [-0.2, 0) is 21.8 Å². The lowest BCUT2D eigenvalue weighted by atomic mass is 9.94. The molecule has 0 bridgehead atoms. The first kappa shape index (κ1) is 29.9. The standard InChI is InChI=1S/C34H33N3O5S2/c1-20(2)14-15-41-26-11-7-10-23(18-26)29-28(30(38)24-12-13-27-25(17-24)16-21(3)42-27)31(39)32(40)37(29)33-35-36-34(44-33)43-19-22-8-5-4-6-9-22/h4-13,17-18,20-21,29,38H,14-16,19H2,1-3H3/t21-,29-/m0/s1. The minimum Gasteiger partial charge on any atom is -0.507 e. The average Bonchev–Trinajstić information content (AvgIpc) is 3.71. The molecule has 0 spiro atoms. The molecule has 1 fully saturated rings. The van der Waals surface area contributed by atoms with E-state index in [1.165, 1.54) is 28.0 Å². The van der Waals surface area contributed by atoms with Gasteiger partial charge < -0.3 is 14.6 Å². The average molecular weight is 628 g/mol. The SMILES string of the molecule is CC(C)CCOc1cccc([C@H]2C(=C(O)c3ccc4c(c3)C[C@H](C)O4)C(=O)C(=O)N2c2nnc(SCc3ccccc3)s2)c1. The van der Waals surface area contributed by atoms with Gasteiger partial charge in [0.15, 0.2) is 4.34 Å². The molecule has 6 rings (SSSR count). The first-order valence-corrected chi connectivity index (χ1v) is 16.4. The molecule has 8 nitrogen and oxygen atoms in total. The van der Waals surface area contributed by atoms with Gasteiger partial charge in [-0.1, -0.05) is 79.4 Å². The fourth-order valence-corrected chi connectivity index (χ4v) is 7.16. The Bertz CT molecular complexity index is 1720. The monoisotopic (exact) mass is 627 g/mol. The number of ketones is 1. The maximum atomic E-state index is 13.7. The highest BCUT2D eigenvalue weighted by atomic mass is 32.2. The van der Waals surface area contributed by atoms with Gasteiger partial charge in [0.1, 0.15) is 23.4 Å². The Balaban J connectivity index is 1.38. The van der Waals surface area contributed by atoms with Gasteiger partial charge in [0, 0.05) is 17.7 Å². The number of ether oxygens (including phenoxy) is 2. The van der Waals surface area contributed by atoms with Crippen LogP contribution >= 0.6 is 23.1 Å². The zero-order valence-corrected chi connectivity index (χ0v) is 26.4. The van der Waals surface area contributed by atoms with Crippen LogP contribution in [0.3, 0.4) is 0 Å². The summed E-state index contributed by atoms with van der Waals surface area (Å²) in [6, 6.07) is 21.7. The van der Waals surface area contributed by atoms with E-state index in [2.05, 4.69) is 24.0 Å². The molecule has 2 aliphatic rings. The molecule has 44 heavy (non-hydrogen) atoms. The van der Waals surface area contributed by atoms with Crippen LogP contribution in [0.15, 0.2) is 82.7 Å². The van der Waals surface area contributed by atoms with Crippen molar-refractivity contribution in [2.45, 2.75) is 55.9 Å². The van der Waals surface area contributed by atoms with Gasteiger partial charge in [0.05, 0.1) is 18.2 Å². The van der Waals surface area contributed by atoms with Crippen molar-refractivity contribution in [1.29, 1.82) is 0 Å². The molecule has 2 atom stereocenters. The van der Waals surface area contributed by atoms with Crippen LogP contribution in [0.2, 0.25) is 0 Å². The number of anilines is 1. The van der Waals surface area contributed by atoms with E-state index in [0.29, 0.717) is 45.9 Å². The Kier molecular flexibility index (Phi) is 8.72. The molecule has 0 radical (unpaired) electrons. The summed E-state index contributed by atoms with van der Waals surface area (Å²) in [4.78, 5) is 28.8. The second-order valence-corrected chi connectivity index (χ2v) is 13.5. The van der Waals surface area contributed by atoms with E-state index in [9.17, 15) is 14.7 Å². The van der Waals surface area contributed by atoms with Gasteiger partial charge >= 0.3 is 5.91 Å². The number of aliphatic hydroxyl groups is 1. The van der Waals surface area contributed by atoms with Crippen molar-refractivity contribution in [3.8, 4) is 11.5 Å². The summed E-state index contributed by atoms with van der Waals surface area (Å²) in [5, 5.41) is 20.6. The molecule has 1 aromatic heterocycles. The minimum absolute atomic E-state index is 0.00469. The Morgan fingerprint density at radius 3 is 2.70 bits per heavy atom. The number of fused-ring (bicyclic) bond motifs is 1. The highest BCUT2D eigenvalue weighted by Crippen LogP contribution is 2.45. The van der Waals surface area contributed by atoms with Gasteiger partial charge in [-0.15, -0.1) is 10.2 Å². The molecule has 3 heterocycles. The van der Waals surface area contributed by atoms with E-state index in [4.69, 9.17) is 9.47 Å². The number of aliphatic hydroxyl groups excluding tert-OH is 1. The highest BCUT2D eigenvalue weighted by Gasteiger charge is 2.48. The Morgan fingerprint density at radius 1 is 1.09 bits per heavy atom. The fraction of sp³-hybridized carbons (Fsp3) is 0.294. The van der Waals surface area contributed by atoms with E-state index < -0.39 is 17.7 Å². The number of thioether (sulfide) groups is 1. The molecule has 0 unspecified atom stereocenters. The van der Waals surface area contributed by atoms with Crippen molar-refractivity contribution >= 4 is 45.7 Å². The summed E-state index contributed by atoms with van der Waals surface area (Å²) in [7, 11) is 0. The number of benzene rings is 3. The lowest BCUT2D eigenvalue weighted by molar-refractivity contribution is -0.132. The Hall–Kier alpha value is -4.15. The van der Waals surface area contributed by atoms with E-state index >= 15 is 0 Å². The van der Waals surface area contributed by atoms with Crippen molar-refractivity contribution in [3.05, 3.63) is 101 Å². The number of hydrogen-bond donors (Lipinski definition) is 1. The molecule has 0 aliphatic carbocycles. The van der Waals surface area contributed by atoms with Crippen molar-refractivity contribution in [2.24, 2.45) is 5.92 Å². The summed E-state index contributed by atoms with van der Waals surface area (Å²) < 4.78 is 12.5. The number of nitrogens with zero attached hydrogens (tertiary/aromatic N) is 3. The minimum atomic E-state index is -0.924. The number of rotatable bonds is 10. The topological polar surface area (TPSA) is 102 Å². The number of hydrogen-bond acceptors (Lipinski definition) is 9. The molecule has 226 valence electrons. The van der Waals surface area contributed by atoms with Gasteiger partial charge in [-0.2, -0.15) is 0 Å². The Morgan fingerprint density at radius 2 is 1.91 bits per heavy atom. The normalized spacial score (nSPS) is 19.0. The third kappa shape index (κ3) is 6.23. The number of carbonyl (C=O) groups excluding carboxylic acids is 2. The molecule has 0 saturated carbocycles. The predicted octanol–water partition coefficient (Wildman–Crippen LogP) is 7.21. The van der Waals surface area contributed by atoms with Gasteiger partial charge in [-0.25, -0.2) is 0 Å². The van der Waals surface area contributed by atoms with E-state index in [0.717, 1.165) is 23.3 Å². The third-order valence-electron chi connectivity index (χ3n) is 7.56. The second kappa shape index (κ2) is 12.8. The summed E-state index contributed by atoms with van der Waals surface area (Å²) in [6.07, 6.45) is 1.60. The van der Waals surface area contributed by atoms with Crippen molar-refractivity contribution < 1.29 is 24.2 Å². The van der Waals surface area contributed by atoms with E-state index in [-0.39, 0.29) is 22.6 Å². The predicted molar refractivity (Wildman–Crippen MR) is 172 cm³/mol. The number of Topliss-reactive ketones (excluding diaryl/α,β-unsaturated/α-hetero) is 1. The second-order valence-electron chi connectivity index (χ2n) is 11.4. The van der Waals surface area contributed by atoms with Gasteiger partial charge in [0.25, 0.3) is 5.78 Å². The first-order chi connectivity index (χ1) is 21.3. The molecule has 2 aliphatic heterocycles. The van der Waals surface area contributed by atoms with Crippen LogP contribution in [0.1, 0.15) is 55.5 Å². The summed E-state index contributed by atoms with van der Waals surface area (Å²) in [5.74, 6) is 0.757. The summed E-state index contributed by atoms with van der Waals surface area (Å²) >= 11 is 2.75. The quantitative estimate of drug-likeness (QED) is 0.0647. The van der Waals surface area contributed by atoms with Crippen LogP contribution < -0.4 is 14.4 Å². The van der Waals surface area contributed by atoms with E-state index in [1.807, 2.05) is 67.6 Å². The number of carbonyl (C=O) groups is 2. The van der Waals surface area contributed by atoms with Crippen LogP contribution in [0.4, 0.5) is 5.13 Å². The van der Waals surface area contributed by atoms with Crippen molar-refractivity contribution in [1.82, 2.24) is 10.2 Å². The lowest BCUT2D eigenvalue weighted by Crippen LogP contribution is -2.29. The maximum absolute atomic E-state index is 13.7. The first-order valence-electron chi connectivity index (χ1n) is 14.6. The highest BCUT2D eigenvalue weighted by molar-refractivity contribution is 8.00. The smallest absolute Gasteiger partial charge is 0.301 e. The fourth-order valence-electron chi connectivity index (χ4n) is 5.33. The van der Waals surface area contributed by atoms with E-state index in [1.54, 1.807) is 12.1 Å². The van der Waals surface area contributed by atoms with Crippen LogP contribution in [0.5, 0.6) is 11.5 Å². The molecular weight excluding hydrogens is 595 g/mol. The largest absolute Gasteiger partial charge is 0.507 e. The van der Waals surface area contributed by atoms with Crippen LogP contribution in [0.25, 0.3) is 5.76 Å². The maximum Gasteiger partial charge on any atom is 0.301 e. The Labute approximate surface area is 264 Å². The summed E-state index contributed by atoms with van der Waals surface area (Å²) in [5.41, 5.74) is 3.15. The molecule has 1 amide bonds. The molecular formula is C34H33N3O5S2. The number of aromatic nitrogens is 2. The molecule has 4 aromatic rings. The molecule has 10 heteroatoms. The third-order valence-corrected chi connectivity index (χ3v) is 9.69. The zero-order valence-electron chi connectivity index (χ0n) is 24.7. The van der Waals surface area contributed by atoms with Gasteiger partial charge in [0.2, 0.25) is 5.13 Å². The number of amides is 1. The molecule has 1 N–H and O–H groups in total. The molecule has 3 aromatic carbocycles. The summed E-state index contributed by atoms with van der Waals surface area (Å²) in [6.45, 7) is 6.78. The van der Waals surface area contributed by atoms with Gasteiger partial charge in [-0.05, 0) is 66.3 Å². The lowest BCUT2D eigenvalue weighted by Gasteiger charge is -2.23. The van der Waals surface area contributed by atoms with Crippen LogP contribution in [0, 0.1) is 5.92 Å². The van der Waals surface area contributed by atoms with Crippen molar-refractivity contribution in [3.63, 3.8) is 0 Å². The van der Waals surface area contributed by atoms with Crippen molar-refractivity contribution in [2.75, 3.05) is 11.5 Å². The van der Waals surface area contributed by atoms with Crippen LogP contribution in [-0.4, -0.2) is 39.7 Å².